The Kier molecular flexibility index (Phi) is 1.92. The average Bonchev–Trinajstić information content (AvgIpc) is 2.11. The molecule has 3 heteroatoms. The van der Waals surface area contributed by atoms with E-state index in [0.29, 0.717) is 6.42 Å². The van der Waals surface area contributed by atoms with Crippen molar-refractivity contribution < 1.29 is 13.2 Å². The molecule has 0 N–H and O–H groups in total. The Hall–Kier alpha value is -0.210. The van der Waals surface area contributed by atoms with Crippen LogP contribution in [0.5, 0.6) is 0 Å². The van der Waals surface area contributed by atoms with Gasteiger partial charge in [0.05, 0.1) is 5.92 Å². The molecule has 60 valence electrons. The summed E-state index contributed by atoms with van der Waals surface area (Å²) in [4.78, 5) is 0. The van der Waals surface area contributed by atoms with Gasteiger partial charge < -0.3 is 0 Å². The zero-order chi connectivity index (χ0) is 7.78. The molecule has 0 aromatic heterocycles. The molecule has 1 aliphatic rings. The Bertz CT molecular complexity index is 117. The zero-order valence-electron chi connectivity index (χ0n) is 5.91. The molecule has 0 radical (unpaired) electrons. The van der Waals surface area contributed by atoms with Gasteiger partial charge in [-0.15, -0.1) is 0 Å². The minimum absolute atomic E-state index is 0.153. The van der Waals surface area contributed by atoms with Crippen LogP contribution in [-0.4, -0.2) is 6.18 Å². The lowest BCUT2D eigenvalue weighted by Crippen LogP contribution is -2.24. The molecule has 0 amide bonds. The summed E-state index contributed by atoms with van der Waals surface area (Å²) in [6.45, 7) is 1.69. The van der Waals surface area contributed by atoms with Crippen LogP contribution < -0.4 is 0 Å². The Morgan fingerprint density at radius 1 is 1.20 bits per heavy atom. The molecule has 0 aromatic carbocycles. The Morgan fingerprint density at radius 3 is 2.00 bits per heavy atom. The largest absolute Gasteiger partial charge is 0.392 e. The van der Waals surface area contributed by atoms with Gasteiger partial charge in [0.15, 0.2) is 0 Å². The van der Waals surface area contributed by atoms with E-state index in [2.05, 4.69) is 0 Å². The van der Waals surface area contributed by atoms with Crippen LogP contribution in [0, 0.1) is 11.8 Å². The van der Waals surface area contributed by atoms with Crippen molar-refractivity contribution in [3.8, 4) is 0 Å². The topological polar surface area (TPSA) is 0 Å². The first kappa shape index (κ1) is 7.89. The van der Waals surface area contributed by atoms with E-state index in [1.807, 2.05) is 0 Å². The van der Waals surface area contributed by atoms with Crippen LogP contribution >= 0.6 is 0 Å². The van der Waals surface area contributed by atoms with Gasteiger partial charge in [-0.2, -0.15) is 13.2 Å². The van der Waals surface area contributed by atoms with Crippen LogP contribution in [0.15, 0.2) is 0 Å². The zero-order valence-corrected chi connectivity index (χ0v) is 5.91. The maximum atomic E-state index is 12.0. The SMILES string of the molecule is C[C@H]1CCCC1C(F)(F)F. The molecule has 0 heterocycles. The predicted molar refractivity (Wildman–Crippen MR) is 32.6 cm³/mol. The van der Waals surface area contributed by atoms with Gasteiger partial charge in [0.1, 0.15) is 0 Å². The number of hydrogen-bond donors (Lipinski definition) is 0. The summed E-state index contributed by atoms with van der Waals surface area (Å²) in [5.74, 6) is -1.17. The van der Waals surface area contributed by atoms with E-state index in [4.69, 9.17) is 0 Å². The second kappa shape index (κ2) is 2.44. The van der Waals surface area contributed by atoms with E-state index in [-0.39, 0.29) is 5.92 Å². The minimum atomic E-state index is -3.95. The van der Waals surface area contributed by atoms with E-state index in [0.717, 1.165) is 12.8 Å². The third kappa shape index (κ3) is 1.44. The van der Waals surface area contributed by atoms with Crippen LogP contribution in [0.1, 0.15) is 26.2 Å². The average molecular weight is 152 g/mol. The van der Waals surface area contributed by atoms with Crippen LogP contribution in [0.3, 0.4) is 0 Å². The first-order valence-corrected chi connectivity index (χ1v) is 3.58. The molecule has 0 aromatic rings. The number of alkyl halides is 3. The van der Waals surface area contributed by atoms with Crippen molar-refractivity contribution in [2.24, 2.45) is 11.8 Å². The highest BCUT2D eigenvalue weighted by Crippen LogP contribution is 2.42. The van der Waals surface area contributed by atoms with Crippen LogP contribution in [0.4, 0.5) is 13.2 Å². The van der Waals surface area contributed by atoms with Gasteiger partial charge in [0.2, 0.25) is 0 Å². The molecule has 0 bridgehead atoms. The van der Waals surface area contributed by atoms with Gasteiger partial charge in [-0.3, -0.25) is 0 Å². The monoisotopic (exact) mass is 152 g/mol. The lowest BCUT2D eigenvalue weighted by Gasteiger charge is -2.18. The highest BCUT2D eigenvalue weighted by atomic mass is 19.4. The third-order valence-corrected chi connectivity index (χ3v) is 2.28. The van der Waals surface area contributed by atoms with Gasteiger partial charge in [0, 0.05) is 0 Å². The van der Waals surface area contributed by atoms with Crippen LogP contribution in [0.2, 0.25) is 0 Å². The van der Waals surface area contributed by atoms with Crippen molar-refractivity contribution in [3.63, 3.8) is 0 Å². The van der Waals surface area contributed by atoms with E-state index >= 15 is 0 Å². The van der Waals surface area contributed by atoms with Crippen molar-refractivity contribution in [1.29, 1.82) is 0 Å². The Morgan fingerprint density at radius 2 is 1.80 bits per heavy atom. The maximum absolute atomic E-state index is 12.0. The molecule has 0 nitrogen and oxygen atoms in total. The summed E-state index contributed by atoms with van der Waals surface area (Å²) in [5, 5.41) is 0. The van der Waals surface area contributed by atoms with Gasteiger partial charge >= 0.3 is 6.18 Å². The normalized spacial score (nSPS) is 34.8. The standard InChI is InChI=1S/C7H11F3/c1-5-3-2-4-6(5)7(8,9)10/h5-6H,2-4H2,1H3/t5-,6?/m0/s1. The molecular formula is C7H11F3. The van der Waals surface area contributed by atoms with Crippen molar-refractivity contribution in [1.82, 2.24) is 0 Å². The first-order chi connectivity index (χ1) is 4.52. The van der Waals surface area contributed by atoms with E-state index in [1.165, 1.54) is 0 Å². The number of rotatable bonds is 0. The molecule has 2 atom stereocenters. The summed E-state index contributed by atoms with van der Waals surface area (Å²) >= 11 is 0. The molecule has 0 saturated heterocycles. The van der Waals surface area contributed by atoms with Gasteiger partial charge in [-0.1, -0.05) is 19.8 Å². The Labute approximate surface area is 58.4 Å². The summed E-state index contributed by atoms with van der Waals surface area (Å²) < 4.78 is 36.0. The van der Waals surface area contributed by atoms with E-state index in [9.17, 15) is 13.2 Å². The van der Waals surface area contributed by atoms with Gasteiger partial charge in [0.25, 0.3) is 0 Å². The van der Waals surface area contributed by atoms with E-state index < -0.39 is 12.1 Å². The highest BCUT2D eigenvalue weighted by Gasteiger charge is 2.44. The molecule has 1 rings (SSSR count). The summed E-state index contributed by atoms with van der Waals surface area (Å²) in [6.07, 6.45) is -2.13. The van der Waals surface area contributed by atoms with Gasteiger partial charge in [-0.05, 0) is 12.3 Å². The molecule has 1 saturated carbocycles. The summed E-state index contributed by atoms with van der Waals surface area (Å²) in [7, 11) is 0. The first-order valence-electron chi connectivity index (χ1n) is 3.58. The summed E-state index contributed by atoms with van der Waals surface area (Å²) in [6, 6.07) is 0. The lowest BCUT2D eigenvalue weighted by molar-refractivity contribution is -0.181. The van der Waals surface area contributed by atoms with Crippen LogP contribution in [-0.2, 0) is 0 Å². The van der Waals surface area contributed by atoms with Crippen LogP contribution in [0.25, 0.3) is 0 Å². The van der Waals surface area contributed by atoms with Crippen molar-refractivity contribution >= 4 is 0 Å². The third-order valence-electron chi connectivity index (χ3n) is 2.28. The molecule has 10 heavy (non-hydrogen) atoms. The van der Waals surface area contributed by atoms with Crippen molar-refractivity contribution in [3.05, 3.63) is 0 Å². The maximum Gasteiger partial charge on any atom is 0.392 e. The highest BCUT2D eigenvalue weighted by molar-refractivity contribution is 4.79. The molecule has 1 aliphatic carbocycles. The predicted octanol–water partition coefficient (Wildman–Crippen LogP) is 2.98. The quantitative estimate of drug-likeness (QED) is 0.500. The second-order valence-corrected chi connectivity index (χ2v) is 3.06. The Balaban J connectivity index is 2.55. The molecule has 0 spiro atoms. The smallest absolute Gasteiger partial charge is 0.171 e. The fourth-order valence-corrected chi connectivity index (χ4v) is 1.63. The molecule has 1 fully saturated rings. The molecule has 0 aliphatic heterocycles. The molecular weight excluding hydrogens is 141 g/mol. The number of hydrogen-bond acceptors (Lipinski definition) is 0. The lowest BCUT2D eigenvalue weighted by atomic mass is 9.98. The fraction of sp³-hybridized carbons (Fsp3) is 1.00. The fourth-order valence-electron chi connectivity index (χ4n) is 1.63. The van der Waals surface area contributed by atoms with Crippen molar-refractivity contribution in [2.45, 2.75) is 32.4 Å². The summed E-state index contributed by atoms with van der Waals surface area (Å²) in [5.41, 5.74) is 0. The second-order valence-electron chi connectivity index (χ2n) is 3.06. The van der Waals surface area contributed by atoms with Gasteiger partial charge in [-0.25, -0.2) is 0 Å². The molecule has 1 unspecified atom stereocenters. The number of halogens is 3. The van der Waals surface area contributed by atoms with Crippen molar-refractivity contribution in [2.75, 3.05) is 0 Å². The van der Waals surface area contributed by atoms with E-state index in [1.54, 1.807) is 6.92 Å². The minimum Gasteiger partial charge on any atom is -0.171 e.